The van der Waals surface area contributed by atoms with Crippen molar-refractivity contribution < 1.29 is 0 Å². The molecular formula is C22H45. The minimum absolute atomic E-state index is 0.982. The number of hydrogen-bond donors (Lipinski definition) is 0. The Kier molecular flexibility index (Phi) is 19.0. The third-order valence-corrected chi connectivity index (χ3v) is 4.92. The van der Waals surface area contributed by atoms with E-state index < -0.39 is 0 Å². The smallest absolute Gasteiger partial charge is 0.0383 e. The molecule has 0 N–H and O–H groups in total. The van der Waals surface area contributed by atoms with Crippen LogP contribution in [0.15, 0.2) is 0 Å². The first-order chi connectivity index (χ1) is 10.8. The maximum absolute atomic E-state index is 2.60. The van der Waals surface area contributed by atoms with Gasteiger partial charge in [-0.1, -0.05) is 124 Å². The fourth-order valence-corrected chi connectivity index (χ4v) is 3.42. The second kappa shape index (κ2) is 19.0. The van der Waals surface area contributed by atoms with Gasteiger partial charge in [0, 0.05) is 0 Å². The highest BCUT2D eigenvalue weighted by Crippen LogP contribution is 2.22. The molecular weight excluding hydrogens is 264 g/mol. The van der Waals surface area contributed by atoms with E-state index in [-0.39, 0.29) is 0 Å². The Hall–Kier alpha value is 0. The zero-order chi connectivity index (χ0) is 16.3. The van der Waals surface area contributed by atoms with Gasteiger partial charge in [0.1, 0.15) is 0 Å². The van der Waals surface area contributed by atoms with Crippen molar-refractivity contribution >= 4 is 0 Å². The molecule has 0 fully saturated rings. The summed E-state index contributed by atoms with van der Waals surface area (Å²) in [5.74, 6) is 0.982. The number of unbranched alkanes of at least 4 members (excludes halogenated alkanes) is 12. The molecule has 0 heterocycles. The molecule has 22 heavy (non-hydrogen) atoms. The fourth-order valence-electron chi connectivity index (χ4n) is 3.42. The first-order valence-electron chi connectivity index (χ1n) is 10.7. The van der Waals surface area contributed by atoms with Crippen LogP contribution < -0.4 is 0 Å². The van der Waals surface area contributed by atoms with Crippen LogP contribution in [0.25, 0.3) is 0 Å². The molecule has 0 aromatic carbocycles. The molecule has 0 bridgehead atoms. The largest absolute Gasteiger partial charge is 0.0654 e. The molecule has 0 nitrogen and oxygen atoms in total. The summed E-state index contributed by atoms with van der Waals surface area (Å²) in [7, 11) is 0. The first kappa shape index (κ1) is 22.0. The van der Waals surface area contributed by atoms with E-state index >= 15 is 0 Å². The van der Waals surface area contributed by atoms with Gasteiger partial charge >= 0.3 is 0 Å². The maximum Gasteiger partial charge on any atom is -0.0383 e. The van der Waals surface area contributed by atoms with Crippen molar-refractivity contribution in [3.05, 3.63) is 6.42 Å². The molecule has 1 unspecified atom stereocenters. The van der Waals surface area contributed by atoms with Crippen molar-refractivity contribution in [2.75, 3.05) is 0 Å². The molecule has 0 aliphatic rings. The maximum atomic E-state index is 2.60. The van der Waals surface area contributed by atoms with E-state index in [1.807, 2.05) is 0 Å². The molecule has 0 aromatic heterocycles. The molecule has 0 aliphatic carbocycles. The first-order valence-corrected chi connectivity index (χ1v) is 10.7. The Morgan fingerprint density at radius 1 is 0.545 bits per heavy atom. The molecule has 1 radical (unpaired) electrons. The van der Waals surface area contributed by atoms with Gasteiger partial charge < -0.3 is 0 Å². The van der Waals surface area contributed by atoms with Crippen molar-refractivity contribution in [3.8, 4) is 0 Å². The summed E-state index contributed by atoms with van der Waals surface area (Å²) in [5, 5.41) is 0. The minimum Gasteiger partial charge on any atom is -0.0654 e. The minimum atomic E-state index is 0.982. The molecule has 133 valence electrons. The van der Waals surface area contributed by atoms with E-state index in [1.54, 1.807) is 0 Å². The topological polar surface area (TPSA) is 0 Å². The van der Waals surface area contributed by atoms with Gasteiger partial charge in [-0.2, -0.15) is 0 Å². The third-order valence-electron chi connectivity index (χ3n) is 4.92. The molecule has 0 amide bonds. The third kappa shape index (κ3) is 16.4. The summed E-state index contributed by atoms with van der Waals surface area (Å²) in [4.78, 5) is 0. The average Bonchev–Trinajstić information content (AvgIpc) is 2.52. The van der Waals surface area contributed by atoms with Crippen LogP contribution >= 0.6 is 0 Å². The molecule has 0 heteroatoms. The van der Waals surface area contributed by atoms with E-state index in [2.05, 4.69) is 27.2 Å². The number of rotatable bonds is 18. The van der Waals surface area contributed by atoms with Gasteiger partial charge in [0.2, 0.25) is 0 Å². The predicted octanol–water partition coefficient (Wildman–Crippen LogP) is 8.50. The molecule has 1 atom stereocenters. The Balaban J connectivity index is 3.30. The lowest BCUT2D eigenvalue weighted by molar-refractivity contribution is 0.412. The summed E-state index contributed by atoms with van der Waals surface area (Å²) in [6.45, 7) is 6.95. The SMILES string of the molecule is CCCCCCCCCCC[CH]CC(CCC)CCCCC. The quantitative estimate of drug-likeness (QED) is 0.223. The van der Waals surface area contributed by atoms with Gasteiger partial charge in [-0.3, -0.25) is 0 Å². The molecule has 0 saturated heterocycles. The van der Waals surface area contributed by atoms with Crippen molar-refractivity contribution in [2.45, 2.75) is 130 Å². The van der Waals surface area contributed by atoms with Gasteiger partial charge in [0.05, 0.1) is 0 Å². The Morgan fingerprint density at radius 3 is 1.68 bits per heavy atom. The second-order valence-electron chi connectivity index (χ2n) is 7.29. The van der Waals surface area contributed by atoms with Crippen LogP contribution in [0, 0.1) is 12.3 Å². The van der Waals surface area contributed by atoms with E-state index in [9.17, 15) is 0 Å². The fraction of sp³-hybridized carbons (Fsp3) is 0.955. The van der Waals surface area contributed by atoms with Crippen LogP contribution in [0.4, 0.5) is 0 Å². The van der Waals surface area contributed by atoms with Gasteiger partial charge in [-0.15, -0.1) is 0 Å². The lowest BCUT2D eigenvalue weighted by atomic mass is 9.91. The Labute approximate surface area is 142 Å². The molecule has 0 saturated carbocycles. The predicted molar refractivity (Wildman–Crippen MR) is 103 cm³/mol. The molecule has 0 spiro atoms. The van der Waals surface area contributed by atoms with Gasteiger partial charge in [-0.05, 0) is 18.8 Å². The summed E-state index contributed by atoms with van der Waals surface area (Å²) in [5.41, 5.74) is 0. The molecule has 0 aromatic rings. The van der Waals surface area contributed by atoms with Crippen molar-refractivity contribution in [1.29, 1.82) is 0 Å². The van der Waals surface area contributed by atoms with Crippen LogP contribution in [-0.2, 0) is 0 Å². The molecule has 0 aliphatic heterocycles. The average molecular weight is 310 g/mol. The highest BCUT2D eigenvalue weighted by atomic mass is 14.1. The van der Waals surface area contributed by atoms with Crippen molar-refractivity contribution in [2.24, 2.45) is 5.92 Å². The van der Waals surface area contributed by atoms with Crippen LogP contribution in [0.3, 0.4) is 0 Å². The Bertz CT molecular complexity index is 184. The normalized spacial score (nSPS) is 12.7. The van der Waals surface area contributed by atoms with E-state index in [0.717, 1.165) is 5.92 Å². The summed E-state index contributed by atoms with van der Waals surface area (Å²) in [6, 6.07) is 0. The van der Waals surface area contributed by atoms with Crippen LogP contribution in [0.1, 0.15) is 130 Å². The molecule has 0 rings (SSSR count). The van der Waals surface area contributed by atoms with E-state index in [4.69, 9.17) is 0 Å². The summed E-state index contributed by atoms with van der Waals surface area (Å²) >= 11 is 0. The zero-order valence-corrected chi connectivity index (χ0v) is 16.2. The highest BCUT2D eigenvalue weighted by Gasteiger charge is 2.07. The van der Waals surface area contributed by atoms with E-state index in [1.165, 1.54) is 109 Å². The lowest BCUT2D eigenvalue weighted by Crippen LogP contribution is -2.01. The van der Waals surface area contributed by atoms with Crippen LogP contribution in [0.5, 0.6) is 0 Å². The highest BCUT2D eigenvalue weighted by molar-refractivity contribution is 4.71. The van der Waals surface area contributed by atoms with Gasteiger partial charge in [-0.25, -0.2) is 0 Å². The standard InChI is InChI=1S/C22H45/c1-4-7-9-10-11-12-13-14-15-16-18-21-22(19-6-3)20-17-8-5-2/h18,22H,4-17,19-21H2,1-3H3. The summed E-state index contributed by atoms with van der Waals surface area (Å²) < 4.78 is 0. The lowest BCUT2D eigenvalue weighted by Gasteiger charge is -2.15. The van der Waals surface area contributed by atoms with Crippen molar-refractivity contribution in [3.63, 3.8) is 0 Å². The van der Waals surface area contributed by atoms with E-state index in [0.29, 0.717) is 0 Å². The second-order valence-corrected chi connectivity index (χ2v) is 7.29. The summed E-state index contributed by atoms with van der Waals surface area (Å²) in [6.07, 6.45) is 26.9. The monoisotopic (exact) mass is 309 g/mol. The zero-order valence-electron chi connectivity index (χ0n) is 16.2. The van der Waals surface area contributed by atoms with Crippen LogP contribution in [0.2, 0.25) is 0 Å². The van der Waals surface area contributed by atoms with Gasteiger partial charge in [0.25, 0.3) is 0 Å². The Morgan fingerprint density at radius 2 is 1.09 bits per heavy atom. The van der Waals surface area contributed by atoms with Gasteiger partial charge in [0.15, 0.2) is 0 Å². The van der Waals surface area contributed by atoms with Crippen molar-refractivity contribution in [1.82, 2.24) is 0 Å². The number of hydrogen-bond acceptors (Lipinski definition) is 0. The van der Waals surface area contributed by atoms with Crippen LogP contribution in [-0.4, -0.2) is 0 Å².